The summed E-state index contributed by atoms with van der Waals surface area (Å²) in [6, 6.07) is 2.19. The fourth-order valence-electron chi connectivity index (χ4n) is 2.19. The van der Waals surface area contributed by atoms with E-state index in [-0.39, 0.29) is 29.3 Å². The van der Waals surface area contributed by atoms with Crippen LogP contribution >= 0.6 is 0 Å². The maximum absolute atomic E-state index is 12.3. The van der Waals surface area contributed by atoms with Crippen molar-refractivity contribution >= 4 is 5.69 Å². The van der Waals surface area contributed by atoms with Crippen molar-refractivity contribution in [3.8, 4) is 11.5 Å². The molecule has 148 valence electrons. The van der Waals surface area contributed by atoms with Crippen molar-refractivity contribution in [1.29, 1.82) is 0 Å². The van der Waals surface area contributed by atoms with Gasteiger partial charge in [0.15, 0.2) is 23.9 Å². The molecular weight excluding hydrogens is 373 g/mol. The normalized spacial score (nSPS) is 11.4. The first-order valence-electron chi connectivity index (χ1n) is 7.74. The summed E-state index contributed by atoms with van der Waals surface area (Å²) in [7, 11) is 1.23. The summed E-state index contributed by atoms with van der Waals surface area (Å²) >= 11 is 0. The number of halogens is 3. The van der Waals surface area contributed by atoms with E-state index in [0.29, 0.717) is 24.7 Å². The Kier molecular flexibility index (Phi) is 6.55. The van der Waals surface area contributed by atoms with Crippen LogP contribution in [-0.4, -0.2) is 41.5 Å². The Labute approximate surface area is 151 Å². The highest BCUT2D eigenvalue weighted by Gasteiger charge is 2.30. The average molecular weight is 390 g/mol. The summed E-state index contributed by atoms with van der Waals surface area (Å²) in [4.78, 5) is 14.6. The molecule has 0 spiro atoms. The second-order valence-corrected chi connectivity index (χ2v) is 5.45. The molecule has 2 aromatic rings. The van der Waals surface area contributed by atoms with Crippen LogP contribution in [0.1, 0.15) is 17.3 Å². The minimum Gasteiger partial charge on any atom is -0.493 e. The van der Waals surface area contributed by atoms with E-state index in [1.807, 2.05) is 0 Å². The van der Waals surface area contributed by atoms with Crippen molar-refractivity contribution in [3.05, 3.63) is 39.5 Å². The van der Waals surface area contributed by atoms with Gasteiger partial charge in [-0.2, -0.15) is 18.2 Å². The third-order valence-corrected chi connectivity index (χ3v) is 3.35. The van der Waals surface area contributed by atoms with Gasteiger partial charge in [-0.3, -0.25) is 10.1 Å². The van der Waals surface area contributed by atoms with Crippen LogP contribution in [0, 0.1) is 17.0 Å². The number of methoxy groups -OCH3 is 1. The first kappa shape index (κ1) is 20.4. The van der Waals surface area contributed by atoms with Gasteiger partial charge in [-0.15, -0.1) is 0 Å². The van der Waals surface area contributed by atoms with Gasteiger partial charge in [-0.25, -0.2) is 0 Å². The molecule has 0 radical (unpaired) electrons. The maximum Gasteiger partial charge on any atom is 0.422 e. The lowest BCUT2D eigenvalue weighted by Gasteiger charge is -2.14. The number of ether oxygens (including phenoxy) is 2. The first-order valence-corrected chi connectivity index (χ1v) is 7.74. The third-order valence-electron chi connectivity index (χ3n) is 3.35. The number of rotatable bonds is 9. The molecule has 27 heavy (non-hydrogen) atoms. The number of nitro benzene ring substituents is 1. The van der Waals surface area contributed by atoms with Gasteiger partial charge in [0.2, 0.25) is 5.89 Å². The highest BCUT2D eigenvalue weighted by Crippen LogP contribution is 2.35. The molecule has 0 bridgehead atoms. The van der Waals surface area contributed by atoms with Crippen molar-refractivity contribution < 1.29 is 32.1 Å². The van der Waals surface area contributed by atoms with Crippen LogP contribution in [0.3, 0.4) is 0 Å². The monoisotopic (exact) mass is 390 g/mol. The zero-order chi connectivity index (χ0) is 20.0. The Morgan fingerprint density at radius 1 is 1.33 bits per heavy atom. The molecule has 0 aliphatic heterocycles. The van der Waals surface area contributed by atoms with Crippen molar-refractivity contribution in [2.24, 2.45) is 0 Å². The Hall–Kier alpha value is -2.89. The number of nitrogens with one attached hydrogen (secondary N) is 1. The van der Waals surface area contributed by atoms with Gasteiger partial charge < -0.3 is 19.3 Å². The van der Waals surface area contributed by atoms with E-state index in [4.69, 9.17) is 9.26 Å². The lowest BCUT2D eigenvalue weighted by Crippen LogP contribution is -2.20. The van der Waals surface area contributed by atoms with Gasteiger partial charge in [-0.1, -0.05) is 5.16 Å². The molecular formula is C15H17F3N4O5. The van der Waals surface area contributed by atoms with Crippen LogP contribution in [-0.2, 0) is 13.0 Å². The fraction of sp³-hybridized carbons (Fsp3) is 0.467. The van der Waals surface area contributed by atoms with Crippen LogP contribution in [0.4, 0.5) is 18.9 Å². The van der Waals surface area contributed by atoms with Crippen LogP contribution in [0.2, 0.25) is 0 Å². The molecule has 1 heterocycles. The van der Waals surface area contributed by atoms with Crippen molar-refractivity contribution in [3.63, 3.8) is 0 Å². The molecule has 12 heteroatoms. The minimum atomic E-state index is -4.58. The number of nitro groups is 1. The van der Waals surface area contributed by atoms with Gasteiger partial charge >= 0.3 is 6.18 Å². The smallest absolute Gasteiger partial charge is 0.422 e. The second-order valence-electron chi connectivity index (χ2n) is 5.45. The van der Waals surface area contributed by atoms with E-state index in [2.05, 4.69) is 20.2 Å². The number of aromatic nitrogens is 2. The molecule has 0 saturated carbocycles. The molecule has 1 aromatic heterocycles. The van der Waals surface area contributed by atoms with Crippen LogP contribution < -0.4 is 14.8 Å². The number of benzene rings is 1. The van der Waals surface area contributed by atoms with Crippen molar-refractivity contribution in [1.82, 2.24) is 15.5 Å². The topological polar surface area (TPSA) is 113 Å². The van der Waals surface area contributed by atoms with Crippen molar-refractivity contribution in [2.45, 2.75) is 26.1 Å². The summed E-state index contributed by atoms with van der Waals surface area (Å²) in [5.74, 6) is 0.531. The summed E-state index contributed by atoms with van der Waals surface area (Å²) in [5, 5.41) is 17.9. The highest BCUT2D eigenvalue weighted by atomic mass is 19.4. The Morgan fingerprint density at radius 2 is 2.07 bits per heavy atom. The van der Waals surface area contributed by atoms with Crippen LogP contribution in [0.5, 0.6) is 11.5 Å². The Balaban J connectivity index is 2.08. The molecule has 0 unspecified atom stereocenters. The third kappa shape index (κ3) is 6.09. The van der Waals surface area contributed by atoms with E-state index in [1.54, 1.807) is 6.92 Å². The molecule has 9 nitrogen and oxygen atoms in total. The molecule has 2 rings (SSSR count). The molecule has 0 fully saturated rings. The average Bonchev–Trinajstić information content (AvgIpc) is 3.01. The molecule has 1 aromatic carbocycles. The van der Waals surface area contributed by atoms with Crippen LogP contribution in [0.15, 0.2) is 16.7 Å². The molecule has 0 aliphatic rings. The maximum atomic E-state index is 12.3. The van der Waals surface area contributed by atoms with Gasteiger partial charge in [-0.05, 0) is 13.0 Å². The lowest BCUT2D eigenvalue weighted by molar-refractivity contribution is -0.385. The summed E-state index contributed by atoms with van der Waals surface area (Å²) in [6.07, 6.45) is -4.16. The molecule has 0 saturated heterocycles. The summed E-state index contributed by atoms with van der Waals surface area (Å²) in [6.45, 7) is 0.576. The van der Waals surface area contributed by atoms with E-state index >= 15 is 0 Å². The van der Waals surface area contributed by atoms with Crippen LogP contribution in [0.25, 0.3) is 0 Å². The Morgan fingerprint density at radius 3 is 2.63 bits per heavy atom. The number of hydrogen-bond donors (Lipinski definition) is 1. The molecule has 1 N–H and O–H groups in total. The minimum absolute atomic E-state index is 0.0332. The second kappa shape index (κ2) is 8.66. The zero-order valence-corrected chi connectivity index (χ0v) is 14.5. The molecule has 0 amide bonds. The number of hydrogen-bond acceptors (Lipinski definition) is 8. The number of nitrogens with zero attached hydrogens (tertiary/aromatic N) is 3. The van der Waals surface area contributed by atoms with Gasteiger partial charge in [0, 0.05) is 25.1 Å². The fourth-order valence-corrected chi connectivity index (χ4v) is 2.19. The quantitative estimate of drug-likeness (QED) is 0.395. The standard InChI is InChI=1S/C15H17F3N4O5/c1-9-20-14(27-21-9)3-4-19-7-10-5-12(25-2)13(6-11(10)22(23)24)26-8-15(16,17)18/h5-6,19H,3-4,7-8H2,1-2H3. The van der Waals surface area contributed by atoms with E-state index in [1.165, 1.54) is 13.2 Å². The van der Waals surface area contributed by atoms with Crippen molar-refractivity contribution in [2.75, 3.05) is 20.3 Å². The zero-order valence-electron chi connectivity index (χ0n) is 14.5. The summed E-state index contributed by atoms with van der Waals surface area (Å²) < 4.78 is 51.6. The van der Waals surface area contributed by atoms with Gasteiger partial charge in [0.05, 0.1) is 18.1 Å². The largest absolute Gasteiger partial charge is 0.493 e. The Bertz CT molecular complexity index is 794. The number of alkyl halides is 3. The molecule has 0 aliphatic carbocycles. The predicted molar refractivity (Wildman–Crippen MR) is 85.6 cm³/mol. The molecule has 0 atom stereocenters. The number of aryl methyl sites for hydroxylation is 1. The van der Waals surface area contributed by atoms with Gasteiger partial charge in [0.25, 0.3) is 5.69 Å². The summed E-state index contributed by atoms with van der Waals surface area (Å²) in [5.41, 5.74) is -0.146. The van der Waals surface area contributed by atoms with Gasteiger partial charge in [0.1, 0.15) is 0 Å². The van der Waals surface area contributed by atoms with E-state index in [0.717, 1.165) is 6.07 Å². The predicted octanol–water partition coefficient (Wildman–Crippen LogP) is 2.57. The SMILES string of the molecule is COc1cc(CNCCc2nc(C)no2)c([N+](=O)[O-])cc1OCC(F)(F)F. The first-order chi connectivity index (χ1) is 12.7. The van der Waals surface area contributed by atoms with E-state index in [9.17, 15) is 23.3 Å². The highest BCUT2D eigenvalue weighted by molar-refractivity contribution is 5.54. The lowest BCUT2D eigenvalue weighted by atomic mass is 10.1. The van der Waals surface area contributed by atoms with E-state index < -0.39 is 17.7 Å².